The first-order valence-electron chi connectivity index (χ1n) is 7.28. The van der Waals surface area contributed by atoms with E-state index in [1.165, 1.54) is 0 Å². The normalized spacial score (nSPS) is 18.4. The molecule has 1 amide bonds. The topological polar surface area (TPSA) is 62.1 Å². The lowest BCUT2D eigenvalue weighted by atomic mass is 9.90. The molecule has 0 bridgehead atoms. The van der Waals surface area contributed by atoms with E-state index in [1.54, 1.807) is 0 Å². The molecule has 106 valence electrons. The highest BCUT2D eigenvalue weighted by molar-refractivity contribution is 6.06. The molecule has 1 unspecified atom stereocenters. The number of H-pyrrole nitrogens is 1. The number of likely N-dealkylation sites (tertiary alicyclic amines) is 1. The van der Waals surface area contributed by atoms with Crippen molar-refractivity contribution < 1.29 is 4.79 Å². The summed E-state index contributed by atoms with van der Waals surface area (Å²) in [5.41, 5.74) is 7.74. The van der Waals surface area contributed by atoms with Crippen LogP contribution in [0, 0.1) is 5.92 Å². The zero-order valence-corrected chi connectivity index (χ0v) is 11.8. The molecule has 0 saturated carbocycles. The molecule has 4 heteroatoms. The summed E-state index contributed by atoms with van der Waals surface area (Å²) in [5.74, 6) is 0.674. The maximum Gasteiger partial charge on any atom is 0.256 e. The predicted molar refractivity (Wildman–Crippen MR) is 80.6 cm³/mol. The van der Waals surface area contributed by atoms with E-state index in [-0.39, 0.29) is 11.9 Å². The third-order valence-corrected chi connectivity index (χ3v) is 4.39. The number of para-hydroxylation sites is 1. The van der Waals surface area contributed by atoms with E-state index in [9.17, 15) is 4.79 Å². The largest absolute Gasteiger partial charge is 0.360 e. The van der Waals surface area contributed by atoms with Crippen LogP contribution in [0.25, 0.3) is 10.9 Å². The summed E-state index contributed by atoms with van der Waals surface area (Å²) >= 11 is 0. The Labute approximate surface area is 118 Å². The number of nitrogens with zero attached hydrogens (tertiary/aromatic N) is 1. The SMILES string of the molecule is CC(N)C1CCN(C(=O)c2c[nH]c3ccccc23)CC1. The van der Waals surface area contributed by atoms with Gasteiger partial charge in [-0.05, 0) is 31.7 Å². The molecule has 2 heterocycles. The molecule has 3 N–H and O–H groups in total. The molecule has 0 radical (unpaired) electrons. The summed E-state index contributed by atoms with van der Waals surface area (Å²) in [7, 11) is 0. The number of benzene rings is 1. The molecular formula is C16H21N3O. The van der Waals surface area contributed by atoms with Gasteiger partial charge in [0.05, 0.1) is 5.56 Å². The van der Waals surface area contributed by atoms with E-state index in [0.29, 0.717) is 5.92 Å². The molecule has 1 aliphatic rings. The van der Waals surface area contributed by atoms with Gasteiger partial charge in [0, 0.05) is 36.2 Å². The number of nitrogens with one attached hydrogen (secondary N) is 1. The lowest BCUT2D eigenvalue weighted by Crippen LogP contribution is -2.42. The minimum atomic E-state index is 0.130. The maximum absolute atomic E-state index is 12.6. The van der Waals surface area contributed by atoms with Gasteiger partial charge in [0.15, 0.2) is 0 Å². The van der Waals surface area contributed by atoms with Gasteiger partial charge in [-0.2, -0.15) is 0 Å². The molecule has 1 atom stereocenters. The molecule has 3 rings (SSSR count). The van der Waals surface area contributed by atoms with Gasteiger partial charge >= 0.3 is 0 Å². The van der Waals surface area contributed by atoms with Crippen molar-refractivity contribution in [3.63, 3.8) is 0 Å². The van der Waals surface area contributed by atoms with Gasteiger partial charge in [-0.1, -0.05) is 18.2 Å². The molecular weight excluding hydrogens is 250 g/mol. The van der Waals surface area contributed by atoms with Gasteiger partial charge in [-0.3, -0.25) is 4.79 Å². The average molecular weight is 271 g/mol. The first kappa shape index (κ1) is 13.2. The molecule has 2 aromatic rings. The number of amides is 1. The van der Waals surface area contributed by atoms with Crippen LogP contribution >= 0.6 is 0 Å². The van der Waals surface area contributed by atoms with Crippen molar-refractivity contribution in [1.82, 2.24) is 9.88 Å². The highest BCUT2D eigenvalue weighted by Crippen LogP contribution is 2.24. The van der Waals surface area contributed by atoms with Crippen LogP contribution in [0.15, 0.2) is 30.5 Å². The van der Waals surface area contributed by atoms with E-state index in [4.69, 9.17) is 5.73 Å². The second-order valence-corrected chi connectivity index (χ2v) is 5.74. The molecule has 1 fully saturated rings. The van der Waals surface area contributed by atoms with Gasteiger partial charge in [0.25, 0.3) is 5.91 Å². The van der Waals surface area contributed by atoms with Crippen molar-refractivity contribution in [2.45, 2.75) is 25.8 Å². The Hall–Kier alpha value is -1.81. The second kappa shape index (κ2) is 5.29. The van der Waals surface area contributed by atoms with Gasteiger partial charge in [0.1, 0.15) is 0 Å². The van der Waals surface area contributed by atoms with Gasteiger partial charge in [-0.15, -0.1) is 0 Å². The summed E-state index contributed by atoms with van der Waals surface area (Å²) in [6.07, 6.45) is 3.84. The minimum absolute atomic E-state index is 0.130. The van der Waals surface area contributed by atoms with Crippen molar-refractivity contribution in [3.8, 4) is 0 Å². The molecule has 1 aromatic heterocycles. The monoisotopic (exact) mass is 271 g/mol. The maximum atomic E-state index is 12.6. The summed E-state index contributed by atoms with van der Waals surface area (Å²) in [5, 5.41) is 1.01. The van der Waals surface area contributed by atoms with Gasteiger partial charge < -0.3 is 15.6 Å². The Morgan fingerprint density at radius 3 is 2.75 bits per heavy atom. The number of carbonyl (C=O) groups is 1. The number of nitrogens with two attached hydrogens (primary N) is 1. The van der Waals surface area contributed by atoms with Crippen molar-refractivity contribution >= 4 is 16.8 Å². The van der Waals surface area contributed by atoms with Crippen LogP contribution in [-0.4, -0.2) is 34.9 Å². The first-order valence-corrected chi connectivity index (χ1v) is 7.28. The van der Waals surface area contributed by atoms with Crippen LogP contribution in [0.4, 0.5) is 0 Å². The summed E-state index contributed by atoms with van der Waals surface area (Å²) in [6.45, 7) is 3.68. The lowest BCUT2D eigenvalue weighted by Gasteiger charge is -2.33. The summed E-state index contributed by atoms with van der Waals surface area (Å²) < 4.78 is 0. The van der Waals surface area contributed by atoms with E-state index in [2.05, 4.69) is 11.9 Å². The van der Waals surface area contributed by atoms with E-state index in [1.807, 2.05) is 35.4 Å². The van der Waals surface area contributed by atoms with Gasteiger partial charge in [-0.25, -0.2) is 0 Å². The van der Waals surface area contributed by atoms with Crippen LogP contribution in [0.3, 0.4) is 0 Å². The van der Waals surface area contributed by atoms with Crippen LogP contribution in [0.2, 0.25) is 0 Å². The number of hydrogen-bond donors (Lipinski definition) is 2. The van der Waals surface area contributed by atoms with Crippen molar-refractivity contribution in [3.05, 3.63) is 36.0 Å². The molecule has 1 aliphatic heterocycles. The Morgan fingerprint density at radius 2 is 2.05 bits per heavy atom. The number of hydrogen-bond acceptors (Lipinski definition) is 2. The molecule has 20 heavy (non-hydrogen) atoms. The Morgan fingerprint density at radius 1 is 1.35 bits per heavy atom. The number of piperidine rings is 1. The highest BCUT2D eigenvalue weighted by Gasteiger charge is 2.26. The third kappa shape index (κ3) is 2.31. The van der Waals surface area contributed by atoms with E-state index in [0.717, 1.165) is 42.4 Å². The zero-order chi connectivity index (χ0) is 14.1. The average Bonchev–Trinajstić information content (AvgIpc) is 2.90. The number of aromatic nitrogens is 1. The molecule has 1 saturated heterocycles. The Kier molecular flexibility index (Phi) is 3.49. The van der Waals surface area contributed by atoms with Crippen LogP contribution in [0.1, 0.15) is 30.1 Å². The highest BCUT2D eigenvalue weighted by atomic mass is 16.2. The summed E-state index contributed by atoms with van der Waals surface area (Å²) in [6, 6.07) is 8.15. The third-order valence-electron chi connectivity index (χ3n) is 4.39. The fraction of sp³-hybridized carbons (Fsp3) is 0.438. The van der Waals surface area contributed by atoms with Crippen LogP contribution in [0.5, 0.6) is 0 Å². The fourth-order valence-corrected chi connectivity index (χ4v) is 3.05. The number of rotatable bonds is 2. The van der Waals surface area contributed by atoms with Crippen molar-refractivity contribution in [1.29, 1.82) is 0 Å². The number of carbonyl (C=O) groups excluding carboxylic acids is 1. The fourth-order valence-electron chi connectivity index (χ4n) is 3.05. The van der Waals surface area contributed by atoms with Crippen molar-refractivity contribution in [2.75, 3.05) is 13.1 Å². The summed E-state index contributed by atoms with van der Waals surface area (Å²) in [4.78, 5) is 17.7. The molecule has 0 aliphatic carbocycles. The Bertz CT molecular complexity index is 609. The van der Waals surface area contributed by atoms with Crippen molar-refractivity contribution in [2.24, 2.45) is 11.7 Å². The van der Waals surface area contributed by atoms with Crippen LogP contribution < -0.4 is 5.73 Å². The van der Waals surface area contributed by atoms with Gasteiger partial charge in [0.2, 0.25) is 0 Å². The number of fused-ring (bicyclic) bond motifs is 1. The van der Waals surface area contributed by atoms with Crippen LogP contribution in [-0.2, 0) is 0 Å². The minimum Gasteiger partial charge on any atom is -0.360 e. The molecule has 4 nitrogen and oxygen atoms in total. The predicted octanol–water partition coefficient (Wildman–Crippen LogP) is 2.37. The molecule has 1 aromatic carbocycles. The van der Waals surface area contributed by atoms with E-state index < -0.39 is 0 Å². The number of aromatic amines is 1. The first-order chi connectivity index (χ1) is 9.66. The quantitative estimate of drug-likeness (QED) is 0.881. The molecule has 0 spiro atoms. The Balaban J connectivity index is 1.77. The smallest absolute Gasteiger partial charge is 0.256 e. The lowest BCUT2D eigenvalue weighted by molar-refractivity contribution is 0.0683. The second-order valence-electron chi connectivity index (χ2n) is 5.74. The zero-order valence-electron chi connectivity index (χ0n) is 11.8. The van der Waals surface area contributed by atoms with E-state index >= 15 is 0 Å². The standard InChI is InChI=1S/C16H21N3O/c1-11(17)12-6-8-19(9-7-12)16(20)14-10-18-15-5-3-2-4-13(14)15/h2-5,10-12,18H,6-9,17H2,1H3.